The van der Waals surface area contributed by atoms with Gasteiger partial charge in [-0.05, 0) is 31.5 Å². The largest absolute Gasteiger partial charge is 0.573 e. The molecule has 2 rings (SSSR count). The van der Waals surface area contributed by atoms with E-state index in [2.05, 4.69) is 25.7 Å². The van der Waals surface area contributed by atoms with E-state index in [1.165, 1.54) is 18.3 Å². The van der Waals surface area contributed by atoms with Gasteiger partial charge in [-0.1, -0.05) is 19.1 Å². The smallest absolute Gasteiger partial charge is 0.406 e. The summed E-state index contributed by atoms with van der Waals surface area (Å²) in [6.45, 7) is 5.44. The SMILES string of the molecule is CCC(=O)NC1=CN=CC(C)(NC(C)c2ccc(OC(F)(F)F)cc2)N1. The van der Waals surface area contributed by atoms with Gasteiger partial charge in [0.2, 0.25) is 5.91 Å². The summed E-state index contributed by atoms with van der Waals surface area (Å²) in [5.41, 5.74) is 0.0238. The number of carbonyl (C=O) groups is 1. The molecule has 0 aromatic heterocycles. The van der Waals surface area contributed by atoms with Gasteiger partial charge in [-0.15, -0.1) is 13.2 Å². The third-order valence-electron chi connectivity index (χ3n) is 3.66. The van der Waals surface area contributed by atoms with Gasteiger partial charge in [0.25, 0.3) is 0 Å². The Morgan fingerprint density at radius 2 is 2.00 bits per heavy atom. The van der Waals surface area contributed by atoms with Crippen molar-refractivity contribution in [2.75, 3.05) is 0 Å². The molecule has 0 aliphatic carbocycles. The Morgan fingerprint density at radius 3 is 2.58 bits per heavy atom. The van der Waals surface area contributed by atoms with Crippen LogP contribution in [0.5, 0.6) is 5.75 Å². The zero-order valence-corrected chi connectivity index (χ0v) is 14.6. The average Bonchev–Trinajstić information content (AvgIpc) is 2.53. The van der Waals surface area contributed by atoms with Crippen LogP contribution >= 0.6 is 0 Å². The molecule has 1 amide bonds. The first-order chi connectivity index (χ1) is 12.1. The van der Waals surface area contributed by atoms with Gasteiger partial charge < -0.3 is 15.4 Å². The second-order valence-electron chi connectivity index (χ2n) is 6.03. The normalized spacial score (nSPS) is 20.8. The summed E-state index contributed by atoms with van der Waals surface area (Å²) in [4.78, 5) is 15.6. The summed E-state index contributed by atoms with van der Waals surface area (Å²) in [6, 6.07) is 5.42. The van der Waals surface area contributed by atoms with Crippen LogP contribution < -0.4 is 20.7 Å². The van der Waals surface area contributed by atoms with E-state index in [0.717, 1.165) is 5.56 Å². The number of amides is 1. The summed E-state index contributed by atoms with van der Waals surface area (Å²) in [6.07, 6.45) is -1.22. The first kappa shape index (κ1) is 19.8. The van der Waals surface area contributed by atoms with Crippen LogP contribution in [-0.4, -0.2) is 24.1 Å². The van der Waals surface area contributed by atoms with Crippen molar-refractivity contribution >= 4 is 12.1 Å². The van der Waals surface area contributed by atoms with Gasteiger partial charge in [-0.3, -0.25) is 15.1 Å². The van der Waals surface area contributed by atoms with Crippen molar-refractivity contribution in [3.05, 3.63) is 41.8 Å². The van der Waals surface area contributed by atoms with Gasteiger partial charge in [0.15, 0.2) is 0 Å². The maximum Gasteiger partial charge on any atom is 0.573 e. The molecule has 9 heteroatoms. The van der Waals surface area contributed by atoms with Crippen LogP contribution in [0.25, 0.3) is 0 Å². The van der Waals surface area contributed by atoms with E-state index in [-0.39, 0.29) is 17.7 Å². The summed E-state index contributed by atoms with van der Waals surface area (Å²) >= 11 is 0. The average molecular weight is 370 g/mol. The minimum atomic E-state index is -4.72. The minimum Gasteiger partial charge on any atom is -0.406 e. The van der Waals surface area contributed by atoms with E-state index < -0.39 is 12.0 Å². The van der Waals surface area contributed by atoms with E-state index in [9.17, 15) is 18.0 Å². The van der Waals surface area contributed by atoms with Gasteiger partial charge >= 0.3 is 6.36 Å². The number of alkyl halides is 3. The van der Waals surface area contributed by atoms with Gasteiger partial charge in [-0.2, -0.15) is 0 Å². The number of halogens is 3. The van der Waals surface area contributed by atoms with Gasteiger partial charge in [0.05, 0.1) is 6.20 Å². The van der Waals surface area contributed by atoms with Crippen LogP contribution in [0.2, 0.25) is 0 Å². The number of carbonyl (C=O) groups excluding carboxylic acids is 1. The quantitative estimate of drug-likeness (QED) is 0.720. The van der Waals surface area contributed by atoms with Crippen LogP contribution in [0.1, 0.15) is 38.8 Å². The minimum absolute atomic E-state index is 0.142. The van der Waals surface area contributed by atoms with E-state index in [4.69, 9.17) is 0 Å². The molecule has 2 atom stereocenters. The standard InChI is InChI=1S/C17H21F3N4O2/c1-4-15(25)22-14-9-21-10-16(3,24-14)23-11(2)12-5-7-13(8-6-12)26-17(18,19)20/h5-11,23-24H,4H2,1-3H3,(H,22,25). The van der Waals surface area contributed by atoms with Crippen molar-refractivity contribution in [3.8, 4) is 5.75 Å². The second-order valence-corrected chi connectivity index (χ2v) is 6.03. The van der Waals surface area contributed by atoms with Crippen molar-refractivity contribution in [3.63, 3.8) is 0 Å². The molecule has 0 bridgehead atoms. The number of ether oxygens (including phenoxy) is 1. The van der Waals surface area contributed by atoms with Crippen molar-refractivity contribution in [2.45, 2.75) is 45.3 Å². The van der Waals surface area contributed by atoms with E-state index in [1.807, 2.05) is 13.8 Å². The third-order valence-corrected chi connectivity index (χ3v) is 3.66. The Morgan fingerprint density at radius 1 is 1.35 bits per heavy atom. The van der Waals surface area contributed by atoms with E-state index in [0.29, 0.717) is 12.2 Å². The highest BCUT2D eigenvalue weighted by molar-refractivity contribution is 5.78. The molecular weight excluding hydrogens is 349 g/mol. The number of aliphatic imine (C=N–C) groups is 1. The number of hydrogen-bond donors (Lipinski definition) is 3. The molecule has 3 N–H and O–H groups in total. The van der Waals surface area contributed by atoms with E-state index in [1.54, 1.807) is 25.3 Å². The fourth-order valence-corrected chi connectivity index (χ4v) is 2.47. The van der Waals surface area contributed by atoms with Gasteiger partial charge in [0, 0.05) is 18.7 Å². The highest BCUT2D eigenvalue weighted by atomic mass is 19.4. The number of benzene rings is 1. The lowest BCUT2D eigenvalue weighted by atomic mass is 10.1. The Hall–Kier alpha value is -2.55. The molecule has 6 nitrogen and oxygen atoms in total. The van der Waals surface area contributed by atoms with Crippen LogP contribution in [0.3, 0.4) is 0 Å². The highest BCUT2D eigenvalue weighted by Gasteiger charge is 2.31. The number of nitrogens with one attached hydrogen (secondary N) is 3. The maximum absolute atomic E-state index is 12.2. The molecule has 0 fully saturated rings. The second kappa shape index (κ2) is 7.77. The fourth-order valence-electron chi connectivity index (χ4n) is 2.47. The summed E-state index contributed by atoms with van der Waals surface area (Å²) in [5, 5.41) is 9.12. The topological polar surface area (TPSA) is 74.8 Å². The molecular formula is C17H21F3N4O2. The molecule has 1 aromatic rings. The molecule has 142 valence electrons. The van der Waals surface area contributed by atoms with Crippen LogP contribution in [0, 0.1) is 0 Å². The fraction of sp³-hybridized carbons (Fsp3) is 0.412. The molecule has 1 aromatic carbocycles. The first-order valence-electron chi connectivity index (χ1n) is 8.06. The lowest BCUT2D eigenvalue weighted by molar-refractivity contribution is -0.274. The summed E-state index contributed by atoms with van der Waals surface area (Å²) < 4.78 is 40.5. The molecule has 1 heterocycles. The maximum atomic E-state index is 12.2. The third kappa shape index (κ3) is 5.76. The number of nitrogens with zero attached hydrogens (tertiary/aromatic N) is 1. The van der Waals surface area contributed by atoms with Gasteiger partial charge in [0.1, 0.15) is 17.2 Å². The van der Waals surface area contributed by atoms with E-state index >= 15 is 0 Å². The molecule has 1 aliphatic rings. The number of rotatable bonds is 6. The zero-order chi connectivity index (χ0) is 19.4. The number of hydrogen-bond acceptors (Lipinski definition) is 5. The Kier molecular flexibility index (Phi) is 5.91. The molecule has 0 spiro atoms. The molecule has 2 unspecified atom stereocenters. The Bertz CT molecular complexity index is 701. The lowest BCUT2D eigenvalue weighted by Crippen LogP contribution is -2.59. The summed E-state index contributed by atoms with van der Waals surface area (Å²) in [7, 11) is 0. The highest BCUT2D eigenvalue weighted by Crippen LogP contribution is 2.25. The van der Waals surface area contributed by atoms with Crippen molar-refractivity contribution in [1.82, 2.24) is 16.0 Å². The predicted octanol–water partition coefficient (Wildman–Crippen LogP) is 2.95. The molecule has 0 saturated heterocycles. The Labute approximate surface area is 149 Å². The van der Waals surface area contributed by atoms with Crippen LogP contribution in [0.4, 0.5) is 13.2 Å². The molecule has 26 heavy (non-hydrogen) atoms. The summed E-state index contributed by atoms with van der Waals surface area (Å²) in [5.74, 6) is 0.0523. The first-order valence-corrected chi connectivity index (χ1v) is 8.06. The lowest BCUT2D eigenvalue weighted by Gasteiger charge is -2.35. The molecule has 0 radical (unpaired) electrons. The van der Waals surface area contributed by atoms with Crippen molar-refractivity contribution < 1.29 is 22.7 Å². The van der Waals surface area contributed by atoms with Crippen molar-refractivity contribution in [1.29, 1.82) is 0 Å². The predicted molar refractivity (Wildman–Crippen MR) is 91.2 cm³/mol. The van der Waals surface area contributed by atoms with Crippen molar-refractivity contribution in [2.24, 2.45) is 4.99 Å². The molecule has 1 aliphatic heterocycles. The van der Waals surface area contributed by atoms with Crippen LogP contribution in [0.15, 0.2) is 41.3 Å². The van der Waals surface area contributed by atoms with Gasteiger partial charge in [-0.25, -0.2) is 0 Å². The Balaban J connectivity index is 2.00. The monoisotopic (exact) mass is 370 g/mol. The zero-order valence-electron chi connectivity index (χ0n) is 14.6. The molecule has 0 saturated carbocycles. The van der Waals surface area contributed by atoms with Crippen LogP contribution in [-0.2, 0) is 4.79 Å².